The summed E-state index contributed by atoms with van der Waals surface area (Å²) in [5.41, 5.74) is 1.01. The van der Waals surface area contributed by atoms with Crippen molar-refractivity contribution in [3.8, 4) is 0 Å². The van der Waals surface area contributed by atoms with Crippen LogP contribution in [-0.2, 0) is 9.59 Å². The van der Waals surface area contributed by atoms with Crippen molar-refractivity contribution in [2.24, 2.45) is 0 Å². The van der Waals surface area contributed by atoms with Gasteiger partial charge in [0.25, 0.3) is 11.8 Å². The van der Waals surface area contributed by atoms with Gasteiger partial charge in [-0.2, -0.15) is 0 Å². The zero-order valence-corrected chi connectivity index (χ0v) is 15.4. The largest absolute Gasteiger partial charge is 0.763 e. The number of hydrogen-bond donors (Lipinski definition) is 2. The van der Waals surface area contributed by atoms with Gasteiger partial charge in [0.1, 0.15) is 0 Å². The van der Waals surface area contributed by atoms with Gasteiger partial charge in [0.15, 0.2) is 0 Å². The van der Waals surface area contributed by atoms with Gasteiger partial charge in [-0.05, 0) is 30.3 Å². The van der Waals surface area contributed by atoms with Crippen molar-refractivity contribution in [3.63, 3.8) is 0 Å². The molecule has 0 aliphatic rings. The van der Waals surface area contributed by atoms with Crippen molar-refractivity contribution in [2.45, 2.75) is 0 Å². The first kappa shape index (κ1) is 20.8. The monoisotopic (exact) mass is 381 g/mol. The first-order chi connectivity index (χ1) is 14.1. The highest BCUT2D eigenvalue weighted by Gasteiger charge is 2.08. The van der Waals surface area contributed by atoms with E-state index in [9.17, 15) is 9.59 Å². The second kappa shape index (κ2) is 11.3. The van der Waals surface area contributed by atoms with E-state index in [1.807, 2.05) is 18.0 Å². The van der Waals surface area contributed by atoms with Gasteiger partial charge in [0.05, 0.1) is 12.1 Å². The van der Waals surface area contributed by atoms with E-state index in [4.69, 9.17) is 12.0 Å². The van der Waals surface area contributed by atoms with Crippen molar-refractivity contribution in [2.75, 3.05) is 10.6 Å². The summed E-state index contributed by atoms with van der Waals surface area (Å²) in [5.74, 6) is 0.787. The van der Waals surface area contributed by atoms with E-state index < -0.39 is 11.8 Å². The quantitative estimate of drug-likeness (QED) is 0.323. The first-order valence-electron chi connectivity index (χ1n) is 8.56. The number of benzene rings is 2. The highest BCUT2D eigenvalue weighted by Crippen LogP contribution is 2.09. The van der Waals surface area contributed by atoms with Crippen LogP contribution < -0.4 is 10.6 Å². The number of carbonyl (C=O) groups is 2. The maximum Gasteiger partial charge on any atom is 0.261 e. The highest BCUT2D eigenvalue weighted by atomic mass is 16.2. The number of carbonyl (C=O) groups excluding carboxylic acids is 2. The highest BCUT2D eigenvalue weighted by molar-refractivity contribution is 6.12. The summed E-state index contributed by atoms with van der Waals surface area (Å²) < 4.78 is 0. The predicted octanol–water partition coefficient (Wildman–Crippen LogP) is 4.34. The molecule has 2 rings (SSSR count). The van der Waals surface area contributed by atoms with E-state index in [1.54, 1.807) is 48.5 Å². The molecule has 2 amide bonds. The van der Waals surface area contributed by atoms with Crippen LogP contribution in [0.15, 0.2) is 102 Å². The van der Waals surface area contributed by atoms with Crippen LogP contribution >= 0.6 is 0 Å². The molecular formula is C23H17N4O2-. The molecule has 6 nitrogen and oxygen atoms in total. The molecule has 0 heterocycles. The second-order valence-electron chi connectivity index (χ2n) is 5.57. The van der Waals surface area contributed by atoms with Gasteiger partial charge in [-0.25, -0.2) is 4.85 Å². The molecule has 0 bridgehead atoms. The number of amides is 2. The average molecular weight is 381 g/mol. The Morgan fingerprint density at radius 1 is 0.862 bits per heavy atom. The number of anilines is 2. The van der Waals surface area contributed by atoms with Crippen molar-refractivity contribution in [3.05, 3.63) is 119 Å². The Kier molecular flexibility index (Phi) is 8.12. The minimum Gasteiger partial charge on any atom is -0.763 e. The third-order valence-corrected chi connectivity index (χ3v) is 3.52. The van der Waals surface area contributed by atoms with Crippen LogP contribution in [0.5, 0.6) is 0 Å². The van der Waals surface area contributed by atoms with Gasteiger partial charge in [0.2, 0.25) is 5.70 Å². The minimum absolute atomic E-state index is 0.0743. The fraction of sp³-hybridized carbons (Fsp3) is 0. The topological polar surface area (TPSA) is 84.9 Å². The summed E-state index contributed by atoms with van der Waals surface area (Å²) in [6.07, 6.45) is 7.19. The Bertz CT molecular complexity index is 1040. The molecular weight excluding hydrogens is 364 g/mol. The molecule has 6 heteroatoms. The molecule has 0 spiro atoms. The van der Waals surface area contributed by atoms with E-state index in [2.05, 4.69) is 15.5 Å². The van der Waals surface area contributed by atoms with Crippen molar-refractivity contribution < 1.29 is 9.59 Å². The van der Waals surface area contributed by atoms with Crippen LogP contribution in [0.4, 0.5) is 11.4 Å². The normalized spacial score (nSPS) is 10.9. The lowest BCUT2D eigenvalue weighted by molar-refractivity contribution is -0.113. The fourth-order valence-electron chi connectivity index (χ4n) is 2.13. The number of allylic oxidation sites excluding steroid dienone is 4. The standard InChI is InChI=1S/C23H17N4O2/c1-25-21(23(29)27-20-14-8-4-9-15-20)16-10-2-5-11-18(17-24)22(28)26-19-12-6-3-7-13-19/h2-16H,(H,26,28)(H,27,29)/q-1. The number of para-hydroxylation sites is 2. The molecule has 142 valence electrons. The molecule has 0 aliphatic carbocycles. The summed E-state index contributed by atoms with van der Waals surface area (Å²) in [7, 11) is 0. The number of nitrogens with one attached hydrogen (secondary N) is 2. The van der Waals surface area contributed by atoms with Crippen LogP contribution in [0.2, 0.25) is 0 Å². The molecule has 0 radical (unpaired) electrons. The Balaban J connectivity index is 1.96. The molecule has 0 saturated carbocycles. The van der Waals surface area contributed by atoms with Crippen LogP contribution in [0.3, 0.4) is 0 Å². The van der Waals surface area contributed by atoms with Gasteiger partial charge < -0.3 is 16.0 Å². The smallest absolute Gasteiger partial charge is 0.261 e. The molecule has 29 heavy (non-hydrogen) atoms. The first-order valence-corrected chi connectivity index (χ1v) is 8.56. The Morgan fingerprint density at radius 3 is 1.93 bits per heavy atom. The lowest BCUT2D eigenvalue weighted by Crippen LogP contribution is -2.13. The number of rotatable bonds is 7. The summed E-state index contributed by atoms with van der Waals surface area (Å²) in [5, 5.41) is 14.4. The molecule has 0 saturated heterocycles. The second-order valence-corrected chi connectivity index (χ2v) is 5.57. The summed E-state index contributed by atoms with van der Waals surface area (Å²) >= 11 is 0. The average Bonchev–Trinajstić information content (AvgIpc) is 2.74. The molecule has 0 fully saturated rings. The number of hydrogen-bond acceptors (Lipinski definition) is 2. The lowest BCUT2D eigenvalue weighted by atomic mass is 10.2. The summed E-state index contributed by atoms with van der Waals surface area (Å²) in [6, 6.07) is 17.6. The van der Waals surface area contributed by atoms with E-state index in [0.717, 1.165) is 0 Å². The lowest BCUT2D eigenvalue weighted by Gasteiger charge is -2.04. The molecule has 0 unspecified atom stereocenters. The molecule has 0 aromatic heterocycles. The van der Waals surface area contributed by atoms with Crippen molar-refractivity contribution in [1.82, 2.24) is 0 Å². The SMILES string of the molecule is [C-]#[N+]C(=CC=CC=CC(=C=[N-])C(=O)Nc1ccccc1)C(=O)Nc1ccccc1. The molecule has 2 N–H and O–H groups in total. The molecule has 0 aliphatic heterocycles. The van der Waals surface area contributed by atoms with Crippen LogP contribution in [0.25, 0.3) is 10.3 Å². The van der Waals surface area contributed by atoms with Crippen molar-refractivity contribution in [1.29, 1.82) is 0 Å². The zero-order valence-electron chi connectivity index (χ0n) is 15.4. The summed E-state index contributed by atoms with van der Waals surface area (Å²) in [6.45, 7) is 7.14. The zero-order chi connectivity index (χ0) is 20.9. The molecule has 2 aromatic carbocycles. The number of nitrogens with zero attached hydrogens (tertiary/aromatic N) is 2. The van der Waals surface area contributed by atoms with Gasteiger partial charge in [-0.1, -0.05) is 60.7 Å². The van der Waals surface area contributed by atoms with Gasteiger partial charge >= 0.3 is 0 Å². The molecule has 2 aromatic rings. The molecule has 0 atom stereocenters. The van der Waals surface area contributed by atoms with Crippen molar-refractivity contribution >= 4 is 29.1 Å². The maximum absolute atomic E-state index is 12.1. The third kappa shape index (κ3) is 6.99. The maximum atomic E-state index is 12.1. The third-order valence-electron chi connectivity index (χ3n) is 3.52. The van der Waals surface area contributed by atoms with Crippen LogP contribution in [0, 0.1) is 6.57 Å². The van der Waals surface area contributed by atoms with E-state index in [0.29, 0.717) is 11.4 Å². The van der Waals surface area contributed by atoms with E-state index in [-0.39, 0.29) is 11.3 Å². The predicted molar refractivity (Wildman–Crippen MR) is 115 cm³/mol. The van der Waals surface area contributed by atoms with Crippen LogP contribution in [0.1, 0.15) is 0 Å². The van der Waals surface area contributed by atoms with Crippen LogP contribution in [-0.4, -0.2) is 17.7 Å². The van der Waals surface area contributed by atoms with Gasteiger partial charge in [-0.15, -0.1) is 0 Å². The van der Waals surface area contributed by atoms with Gasteiger partial charge in [0, 0.05) is 11.4 Å². The minimum atomic E-state index is -0.525. The Labute approximate surface area is 168 Å². The van der Waals surface area contributed by atoms with E-state index in [1.165, 1.54) is 30.4 Å². The summed E-state index contributed by atoms with van der Waals surface area (Å²) in [4.78, 5) is 27.4. The van der Waals surface area contributed by atoms with Gasteiger partial charge in [-0.3, -0.25) is 15.5 Å². The Morgan fingerprint density at radius 2 is 1.41 bits per heavy atom. The van der Waals surface area contributed by atoms with E-state index >= 15 is 0 Å². The fourth-order valence-corrected chi connectivity index (χ4v) is 2.13. The Hall–Kier alpha value is -4.46.